The zero-order valence-corrected chi connectivity index (χ0v) is 16.2. The molecule has 1 aliphatic rings. The molecule has 2 N–H and O–H groups in total. The minimum absolute atomic E-state index is 0. The molecule has 1 fully saturated rings. The van der Waals surface area contributed by atoms with E-state index in [1.165, 1.54) is 0 Å². The summed E-state index contributed by atoms with van der Waals surface area (Å²) in [6, 6.07) is 0. The first-order valence-corrected chi connectivity index (χ1v) is 7.72. The molecule has 1 rings (SSSR count). The maximum absolute atomic E-state index is 5.75. The first-order valence-electron chi connectivity index (χ1n) is 7.72. The predicted molar refractivity (Wildman–Crippen MR) is 98.6 cm³/mol. The number of rotatable bonds is 8. The van der Waals surface area contributed by atoms with Gasteiger partial charge < -0.3 is 20.1 Å². The molecule has 1 saturated heterocycles. The Bertz CT molecular complexity index is 293. The molecular formula is C15H32IN3O2. The molecule has 1 heterocycles. The number of hydrogen-bond donors (Lipinski definition) is 2. The molecular weight excluding hydrogens is 381 g/mol. The summed E-state index contributed by atoms with van der Waals surface area (Å²) in [6.07, 6.45) is 3.25. The van der Waals surface area contributed by atoms with E-state index in [0.717, 1.165) is 58.1 Å². The Kier molecular flexibility index (Phi) is 11.4. The van der Waals surface area contributed by atoms with Gasteiger partial charge in [0.05, 0.1) is 5.60 Å². The Morgan fingerprint density at radius 1 is 1.38 bits per heavy atom. The third kappa shape index (κ3) is 9.52. The second-order valence-electron chi connectivity index (χ2n) is 6.08. The van der Waals surface area contributed by atoms with E-state index in [4.69, 9.17) is 9.47 Å². The van der Waals surface area contributed by atoms with Crippen molar-refractivity contribution in [1.82, 2.24) is 10.6 Å². The number of aliphatic imine (C=N–C) groups is 1. The van der Waals surface area contributed by atoms with Gasteiger partial charge in [-0.05, 0) is 32.1 Å². The summed E-state index contributed by atoms with van der Waals surface area (Å²) >= 11 is 0. The standard InChI is InChI=1S/C15H31N3O2.HI/c1-13(2)11-19-9-6-8-17-14(16-4)18-12-15(3)7-5-10-20-15;/h13H,5-12H2,1-4H3,(H2,16,17,18);1H. The molecule has 0 aromatic heterocycles. The van der Waals surface area contributed by atoms with E-state index >= 15 is 0 Å². The van der Waals surface area contributed by atoms with Gasteiger partial charge in [-0.25, -0.2) is 0 Å². The SMILES string of the molecule is CN=C(NCCCOCC(C)C)NCC1(C)CCCO1.I. The van der Waals surface area contributed by atoms with Gasteiger partial charge in [0.15, 0.2) is 5.96 Å². The highest BCUT2D eigenvalue weighted by Gasteiger charge is 2.29. The third-order valence-corrected chi connectivity index (χ3v) is 3.36. The highest BCUT2D eigenvalue weighted by Crippen LogP contribution is 2.23. The predicted octanol–water partition coefficient (Wildman–Crippen LogP) is 2.40. The molecule has 0 saturated carbocycles. The fraction of sp³-hybridized carbons (Fsp3) is 0.933. The Hall–Kier alpha value is -0.0800. The molecule has 0 amide bonds. The van der Waals surface area contributed by atoms with Crippen LogP contribution < -0.4 is 10.6 Å². The van der Waals surface area contributed by atoms with Gasteiger partial charge in [-0.15, -0.1) is 24.0 Å². The molecule has 21 heavy (non-hydrogen) atoms. The lowest BCUT2D eigenvalue weighted by molar-refractivity contribution is 0.0242. The molecule has 126 valence electrons. The van der Waals surface area contributed by atoms with Crippen molar-refractivity contribution in [1.29, 1.82) is 0 Å². The van der Waals surface area contributed by atoms with Crippen LogP contribution in [-0.4, -0.2) is 51.5 Å². The van der Waals surface area contributed by atoms with Crippen molar-refractivity contribution >= 4 is 29.9 Å². The number of nitrogens with one attached hydrogen (secondary N) is 2. The molecule has 5 nitrogen and oxygen atoms in total. The largest absolute Gasteiger partial charge is 0.381 e. The minimum atomic E-state index is -0.0437. The van der Waals surface area contributed by atoms with E-state index in [-0.39, 0.29) is 29.6 Å². The molecule has 0 radical (unpaired) electrons. The summed E-state index contributed by atoms with van der Waals surface area (Å²) in [6.45, 7) is 10.7. The van der Waals surface area contributed by atoms with Crippen molar-refractivity contribution in [3.05, 3.63) is 0 Å². The number of nitrogens with zero attached hydrogens (tertiary/aromatic N) is 1. The van der Waals surface area contributed by atoms with Crippen LogP contribution in [0.15, 0.2) is 4.99 Å². The molecule has 0 spiro atoms. The summed E-state index contributed by atoms with van der Waals surface area (Å²) in [4.78, 5) is 4.22. The smallest absolute Gasteiger partial charge is 0.191 e. The van der Waals surface area contributed by atoms with Gasteiger partial charge in [-0.2, -0.15) is 0 Å². The second-order valence-corrected chi connectivity index (χ2v) is 6.08. The first-order chi connectivity index (χ1) is 9.56. The van der Waals surface area contributed by atoms with E-state index in [2.05, 4.69) is 36.4 Å². The van der Waals surface area contributed by atoms with Crippen LogP contribution in [-0.2, 0) is 9.47 Å². The summed E-state index contributed by atoms with van der Waals surface area (Å²) in [5, 5.41) is 6.64. The topological polar surface area (TPSA) is 54.9 Å². The highest BCUT2D eigenvalue weighted by atomic mass is 127. The maximum Gasteiger partial charge on any atom is 0.191 e. The average Bonchev–Trinajstić information content (AvgIpc) is 2.84. The normalized spacial score (nSPS) is 22.2. The van der Waals surface area contributed by atoms with Gasteiger partial charge in [0.2, 0.25) is 0 Å². The molecule has 1 aliphatic heterocycles. The van der Waals surface area contributed by atoms with Crippen molar-refractivity contribution in [3.63, 3.8) is 0 Å². The van der Waals surface area contributed by atoms with Crippen LogP contribution in [0.1, 0.15) is 40.0 Å². The molecule has 1 unspecified atom stereocenters. The van der Waals surface area contributed by atoms with Gasteiger partial charge in [0, 0.05) is 40.0 Å². The van der Waals surface area contributed by atoms with Crippen LogP contribution in [0, 0.1) is 5.92 Å². The van der Waals surface area contributed by atoms with Crippen LogP contribution in [0.25, 0.3) is 0 Å². The van der Waals surface area contributed by atoms with E-state index in [1.54, 1.807) is 7.05 Å². The molecule has 1 atom stereocenters. The van der Waals surface area contributed by atoms with Crippen molar-refractivity contribution in [2.45, 2.75) is 45.6 Å². The average molecular weight is 413 g/mol. The fourth-order valence-electron chi connectivity index (χ4n) is 2.17. The van der Waals surface area contributed by atoms with Crippen LogP contribution in [0.2, 0.25) is 0 Å². The van der Waals surface area contributed by atoms with Crippen LogP contribution in [0.4, 0.5) is 0 Å². The monoisotopic (exact) mass is 413 g/mol. The number of ether oxygens (including phenoxy) is 2. The zero-order chi connectivity index (χ0) is 14.8. The lowest BCUT2D eigenvalue weighted by atomic mass is 10.0. The molecule has 0 bridgehead atoms. The van der Waals surface area contributed by atoms with Crippen molar-refractivity contribution in [2.24, 2.45) is 10.9 Å². The molecule has 0 aromatic carbocycles. The number of hydrogen-bond acceptors (Lipinski definition) is 3. The Morgan fingerprint density at radius 3 is 2.71 bits per heavy atom. The molecule has 0 aliphatic carbocycles. The summed E-state index contributed by atoms with van der Waals surface area (Å²) in [5.74, 6) is 1.44. The Balaban J connectivity index is 0.00000400. The lowest BCUT2D eigenvalue weighted by Crippen LogP contribution is -2.45. The van der Waals surface area contributed by atoms with E-state index in [1.807, 2.05) is 0 Å². The van der Waals surface area contributed by atoms with E-state index < -0.39 is 0 Å². The summed E-state index contributed by atoms with van der Waals surface area (Å²) < 4.78 is 11.3. The Morgan fingerprint density at radius 2 is 2.14 bits per heavy atom. The second kappa shape index (κ2) is 11.5. The highest BCUT2D eigenvalue weighted by molar-refractivity contribution is 14.0. The number of guanidine groups is 1. The van der Waals surface area contributed by atoms with Crippen molar-refractivity contribution in [2.75, 3.05) is 40.0 Å². The lowest BCUT2D eigenvalue weighted by Gasteiger charge is -2.24. The third-order valence-electron chi connectivity index (χ3n) is 3.36. The van der Waals surface area contributed by atoms with Gasteiger partial charge >= 0.3 is 0 Å². The summed E-state index contributed by atoms with van der Waals surface area (Å²) in [7, 11) is 1.79. The van der Waals surface area contributed by atoms with E-state index in [9.17, 15) is 0 Å². The summed E-state index contributed by atoms with van der Waals surface area (Å²) in [5.41, 5.74) is -0.0437. The zero-order valence-electron chi connectivity index (χ0n) is 13.9. The Labute approximate surface area is 146 Å². The molecule has 6 heteroatoms. The van der Waals surface area contributed by atoms with Gasteiger partial charge in [-0.3, -0.25) is 4.99 Å². The van der Waals surface area contributed by atoms with Gasteiger partial charge in [0.1, 0.15) is 0 Å². The number of halogens is 1. The van der Waals surface area contributed by atoms with Gasteiger partial charge in [-0.1, -0.05) is 13.8 Å². The van der Waals surface area contributed by atoms with E-state index in [0.29, 0.717) is 5.92 Å². The van der Waals surface area contributed by atoms with Gasteiger partial charge in [0.25, 0.3) is 0 Å². The van der Waals surface area contributed by atoms with Crippen molar-refractivity contribution in [3.8, 4) is 0 Å². The maximum atomic E-state index is 5.75. The van der Waals surface area contributed by atoms with Crippen LogP contribution >= 0.6 is 24.0 Å². The van der Waals surface area contributed by atoms with Crippen LogP contribution in [0.3, 0.4) is 0 Å². The quantitative estimate of drug-likeness (QED) is 0.278. The van der Waals surface area contributed by atoms with Crippen molar-refractivity contribution < 1.29 is 9.47 Å². The first kappa shape index (κ1) is 20.9. The van der Waals surface area contributed by atoms with Crippen LogP contribution in [0.5, 0.6) is 0 Å². The minimum Gasteiger partial charge on any atom is -0.381 e. The fourth-order valence-corrected chi connectivity index (χ4v) is 2.17. The molecule has 0 aromatic rings.